The lowest BCUT2D eigenvalue weighted by molar-refractivity contribution is -0.134. The number of carbonyl (C=O) groups is 1. The highest BCUT2D eigenvalue weighted by molar-refractivity contribution is 5.81. The van der Waals surface area contributed by atoms with Crippen molar-refractivity contribution in [3.8, 4) is 0 Å². The van der Waals surface area contributed by atoms with Gasteiger partial charge in [-0.25, -0.2) is 0 Å². The standard InChI is InChI=1S/C24H37N5O2/c1-25-24(27-22-9-10-29(18-22)23(30)21-7-2-3-8-21)26-16-19-5-4-6-20(15-19)17-28-11-13-31-14-12-28/h4-6,15,21-22H,2-3,7-14,16-18H2,1H3,(H2,25,26,27). The quantitative estimate of drug-likeness (QED) is 0.537. The summed E-state index contributed by atoms with van der Waals surface area (Å²) < 4.78 is 5.44. The van der Waals surface area contributed by atoms with Crippen LogP contribution in [0.3, 0.4) is 0 Å². The first kappa shape index (κ1) is 22.1. The van der Waals surface area contributed by atoms with Crippen LogP contribution in [0.2, 0.25) is 0 Å². The number of carbonyl (C=O) groups excluding carboxylic acids is 1. The monoisotopic (exact) mass is 427 g/mol. The first-order valence-electron chi connectivity index (χ1n) is 11.8. The first-order valence-corrected chi connectivity index (χ1v) is 11.8. The molecule has 2 N–H and O–H groups in total. The number of morpholine rings is 1. The van der Waals surface area contributed by atoms with Crippen molar-refractivity contribution in [2.24, 2.45) is 10.9 Å². The van der Waals surface area contributed by atoms with Gasteiger partial charge in [-0.2, -0.15) is 0 Å². The van der Waals surface area contributed by atoms with Gasteiger partial charge in [-0.1, -0.05) is 37.1 Å². The molecule has 0 bridgehead atoms. The van der Waals surface area contributed by atoms with Gasteiger partial charge >= 0.3 is 0 Å². The zero-order valence-electron chi connectivity index (χ0n) is 18.8. The van der Waals surface area contributed by atoms with E-state index < -0.39 is 0 Å². The predicted molar refractivity (Wildman–Crippen MR) is 123 cm³/mol. The van der Waals surface area contributed by atoms with Crippen molar-refractivity contribution < 1.29 is 9.53 Å². The number of hydrogen-bond acceptors (Lipinski definition) is 4. The number of rotatable bonds is 6. The summed E-state index contributed by atoms with van der Waals surface area (Å²) in [4.78, 5) is 21.6. The minimum atomic E-state index is 0.265. The molecule has 7 heteroatoms. The number of likely N-dealkylation sites (tertiary alicyclic amines) is 1. The van der Waals surface area contributed by atoms with Crippen molar-refractivity contribution >= 4 is 11.9 Å². The highest BCUT2D eigenvalue weighted by Gasteiger charge is 2.32. The van der Waals surface area contributed by atoms with Crippen LogP contribution in [-0.4, -0.2) is 74.1 Å². The van der Waals surface area contributed by atoms with Gasteiger partial charge in [0.05, 0.1) is 13.2 Å². The molecule has 1 atom stereocenters. The summed E-state index contributed by atoms with van der Waals surface area (Å²) in [5.41, 5.74) is 2.58. The minimum Gasteiger partial charge on any atom is -0.379 e. The number of guanidine groups is 1. The average molecular weight is 428 g/mol. The van der Waals surface area contributed by atoms with Crippen molar-refractivity contribution in [1.82, 2.24) is 20.4 Å². The van der Waals surface area contributed by atoms with Crippen LogP contribution in [0, 0.1) is 5.92 Å². The topological polar surface area (TPSA) is 69.2 Å². The number of benzene rings is 1. The molecule has 1 aromatic rings. The maximum absolute atomic E-state index is 12.7. The Labute approximate surface area is 186 Å². The number of hydrogen-bond donors (Lipinski definition) is 2. The molecule has 1 aromatic carbocycles. The summed E-state index contributed by atoms with van der Waals surface area (Å²) >= 11 is 0. The molecule has 1 unspecified atom stereocenters. The highest BCUT2D eigenvalue weighted by Crippen LogP contribution is 2.27. The Morgan fingerprint density at radius 2 is 1.90 bits per heavy atom. The summed E-state index contributed by atoms with van der Waals surface area (Å²) in [6, 6.07) is 9.02. The Bertz CT molecular complexity index is 756. The second kappa shape index (κ2) is 11.0. The van der Waals surface area contributed by atoms with Crippen LogP contribution in [0.1, 0.15) is 43.2 Å². The third kappa shape index (κ3) is 6.20. The van der Waals surface area contributed by atoms with Crippen molar-refractivity contribution in [2.45, 2.75) is 51.2 Å². The SMILES string of the molecule is CN=C(NCc1cccc(CN2CCOCC2)c1)NC1CCN(C(=O)C2CCCC2)C1. The fraction of sp³-hybridized carbons (Fsp3) is 0.667. The Kier molecular flexibility index (Phi) is 7.81. The number of nitrogens with zero attached hydrogens (tertiary/aromatic N) is 3. The van der Waals surface area contributed by atoms with E-state index in [-0.39, 0.29) is 12.0 Å². The van der Waals surface area contributed by atoms with E-state index in [1.807, 2.05) is 0 Å². The smallest absolute Gasteiger partial charge is 0.225 e. The summed E-state index contributed by atoms with van der Waals surface area (Å²) in [6.45, 7) is 6.99. The van der Waals surface area contributed by atoms with Crippen LogP contribution in [0.15, 0.2) is 29.3 Å². The van der Waals surface area contributed by atoms with Gasteiger partial charge in [-0.3, -0.25) is 14.7 Å². The molecular formula is C24H37N5O2. The molecule has 0 radical (unpaired) electrons. The van der Waals surface area contributed by atoms with Gasteiger partial charge in [0, 0.05) is 58.3 Å². The minimum absolute atomic E-state index is 0.265. The molecule has 0 spiro atoms. The number of aliphatic imine (C=N–C) groups is 1. The fourth-order valence-electron chi connectivity index (χ4n) is 4.94. The van der Waals surface area contributed by atoms with E-state index in [0.717, 1.165) is 77.7 Å². The number of nitrogens with one attached hydrogen (secondary N) is 2. The molecule has 1 aliphatic carbocycles. The van der Waals surface area contributed by atoms with Gasteiger partial charge in [0.15, 0.2) is 5.96 Å². The van der Waals surface area contributed by atoms with Crippen LogP contribution in [0.5, 0.6) is 0 Å². The lowest BCUT2D eigenvalue weighted by atomic mass is 10.1. The van der Waals surface area contributed by atoms with Gasteiger partial charge in [0.25, 0.3) is 0 Å². The summed E-state index contributed by atoms with van der Waals surface area (Å²) in [5, 5.41) is 6.96. The van der Waals surface area contributed by atoms with Crippen LogP contribution < -0.4 is 10.6 Å². The van der Waals surface area contributed by atoms with Gasteiger partial charge < -0.3 is 20.3 Å². The molecule has 2 aliphatic heterocycles. The maximum Gasteiger partial charge on any atom is 0.225 e. The van der Waals surface area contributed by atoms with Crippen LogP contribution in [0.25, 0.3) is 0 Å². The van der Waals surface area contributed by atoms with Crippen LogP contribution in [-0.2, 0) is 22.6 Å². The summed E-state index contributed by atoms with van der Waals surface area (Å²) in [5.74, 6) is 1.43. The Balaban J connectivity index is 1.23. The summed E-state index contributed by atoms with van der Waals surface area (Å²) in [6.07, 6.45) is 5.53. The molecule has 3 fully saturated rings. The lowest BCUT2D eigenvalue weighted by Gasteiger charge is -2.26. The molecule has 1 saturated carbocycles. The predicted octanol–water partition coefficient (Wildman–Crippen LogP) is 1.97. The van der Waals surface area contributed by atoms with E-state index >= 15 is 0 Å². The molecule has 7 nitrogen and oxygen atoms in total. The number of ether oxygens (including phenoxy) is 1. The molecule has 31 heavy (non-hydrogen) atoms. The normalized spacial score (nSPS) is 23.3. The van der Waals surface area contributed by atoms with E-state index in [1.54, 1.807) is 7.05 Å². The third-order valence-electron chi connectivity index (χ3n) is 6.73. The van der Waals surface area contributed by atoms with Crippen molar-refractivity contribution in [2.75, 3.05) is 46.4 Å². The molecular weight excluding hydrogens is 390 g/mol. The Morgan fingerprint density at radius 3 is 2.68 bits per heavy atom. The molecule has 2 saturated heterocycles. The summed E-state index contributed by atoms with van der Waals surface area (Å²) in [7, 11) is 1.81. The second-order valence-electron chi connectivity index (χ2n) is 9.03. The van der Waals surface area contributed by atoms with Crippen LogP contribution >= 0.6 is 0 Å². The largest absolute Gasteiger partial charge is 0.379 e. The van der Waals surface area contributed by atoms with E-state index in [0.29, 0.717) is 5.91 Å². The average Bonchev–Trinajstić information content (AvgIpc) is 3.50. The Hall–Kier alpha value is -2.12. The molecule has 2 heterocycles. The third-order valence-corrected chi connectivity index (χ3v) is 6.73. The fourth-order valence-corrected chi connectivity index (χ4v) is 4.94. The van der Waals surface area contributed by atoms with Gasteiger partial charge in [-0.15, -0.1) is 0 Å². The van der Waals surface area contributed by atoms with Gasteiger partial charge in [0.2, 0.25) is 5.91 Å². The molecule has 1 amide bonds. The van der Waals surface area contributed by atoms with Gasteiger partial charge in [-0.05, 0) is 30.4 Å². The van der Waals surface area contributed by atoms with E-state index in [2.05, 4.69) is 49.7 Å². The molecule has 170 valence electrons. The second-order valence-corrected chi connectivity index (χ2v) is 9.03. The lowest BCUT2D eigenvalue weighted by Crippen LogP contribution is -2.45. The van der Waals surface area contributed by atoms with E-state index in [4.69, 9.17) is 4.74 Å². The molecule has 4 rings (SSSR count). The molecule has 3 aliphatic rings. The zero-order chi connectivity index (χ0) is 21.5. The molecule has 0 aromatic heterocycles. The number of amides is 1. The van der Waals surface area contributed by atoms with Crippen molar-refractivity contribution in [3.63, 3.8) is 0 Å². The van der Waals surface area contributed by atoms with E-state index in [1.165, 1.54) is 24.0 Å². The van der Waals surface area contributed by atoms with Gasteiger partial charge in [0.1, 0.15) is 0 Å². The van der Waals surface area contributed by atoms with E-state index in [9.17, 15) is 4.79 Å². The zero-order valence-corrected chi connectivity index (χ0v) is 18.8. The van der Waals surface area contributed by atoms with Crippen molar-refractivity contribution in [3.05, 3.63) is 35.4 Å². The first-order chi connectivity index (χ1) is 15.2. The maximum atomic E-state index is 12.7. The Morgan fingerprint density at radius 1 is 1.13 bits per heavy atom. The van der Waals surface area contributed by atoms with Crippen LogP contribution in [0.4, 0.5) is 0 Å². The van der Waals surface area contributed by atoms with Crippen molar-refractivity contribution in [1.29, 1.82) is 0 Å². The highest BCUT2D eigenvalue weighted by atomic mass is 16.5.